The van der Waals surface area contributed by atoms with Gasteiger partial charge in [-0.2, -0.15) is 0 Å². The first-order chi connectivity index (χ1) is 15.0. The first-order valence-corrected chi connectivity index (χ1v) is 10.6. The van der Waals surface area contributed by atoms with Gasteiger partial charge >= 0.3 is 0 Å². The minimum Gasteiger partial charge on any atom is -0.493 e. The minimum absolute atomic E-state index is 0.0979. The van der Waals surface area contributed by atoms with Gasteiger partial charge in [-0.1, -0.05) is 13.8 Å². The van der Waals surface area contributed by atoms with Gasteiger partial charge in [-0.3, -0.25) is 4.79 Å². The number of aromatic nitrogens is 2. The van der Waals surface area contributed by atoms with Gasteiger partial charge in [0.15, 0.2) is 11.6 Å². The molecule has 2 atom stereocenters. The molecule has 0 spiro atoms. The van der Waals surface area contributed by atoms with E-state index in [1.807, 2.05) is 12.1 Å². The lowest BCUT2D eigenvalue weighted by Gasteiger charge is -2.24. The van der Waals surface area contributed by atoms with Gasteiger partial charge in [-0.15, -0.1) is 0 Å². The molecular formula is C23H27FN4O3. The largest absolute Gasteiger partial charge is 0.493 e. The van der Waals surface area contributed by atoms with E-state index >= 15 is 0 Å². The first kappa shape index (κ1) is 21.1. The average molecular weight is 426 g/mol. The fourth-order valence-electron chi connectivity index (χ4n) is 3.95. The van der Waals surface area contributed by atoms with Crippen molar-refractivity contribution in [2.24, 2.45) is 11.8 Å². The highest BCUT2D eigenvalue weighted by Gasteiger charge is 2.30. The summed E-state index contributed by atoms with van der Waals surface area (Å²) in [5.74, 6) is 1.13. The lowest BCUT2D eigenvalue weighted by Crippen LogP contribution is -2.25. The fraction of sp³-hybridized carbons (Fsp3) is 0.435. The summed E-state index contributed by atoms with van der Waals surface area (Å²) < 4.78 is 24.8. The molecule has 8 heteroatoms. The number of allylic oxidation sites excluding steroid dienone is 1. The molecule has 1 amide bonds. The van der Waals surface area contributed by atoms with Crippen molar-refractivity contribution in [3.05, 3.63) is 47.5 Å². The number of amides is 1. The molecule has 4 rings (SSSR count). The zero-order valence-electron chi connectivity index (χ0n) is 18.0. The predicted octanol–water partition coefficient (Wildman–Crippen LogP) is 4.12. The van der Waals surface area contributed by atoms with Crippen LogP contribution >= 0.6 is 0 Å². The number of pyridine rings is 2. The van der Waals surface area contributed by atoms with Gasteiger partial charge in [0.05, 0.1) is 25.0 Å². The van der Waals surface area contributed by atoms with E-state index in [1.54, 1.807) is 6.20 Å². The molecule has 0 radical (unpaired) electrons. The predicted molar refractivity (Wildman–Crippen MR) is 117 cm³/mol. The molecule has 0 aliphatic carbocycles. The molecule has 1 N–H and O–H groups in total. The topological polar surface area (TPSA) is 76.6 Å². The Labute approximate surface area is 181 Å². The number of nitrogens with one attached hydrogen (secondary N) is 1. The summed E-state index contributed by atoms with van der Waals surface area (Å²) >= 11 is 0. The van der Waals surface area contributed by atoms with Crippen molar-refractivity contribution < 1.29 is 18.7 Å². The van der Waals surface area contributed by atoms with Crippen molar-refractivity contribution in [1.82, 2.24) is 9.97 Å². The second-order valence-electron chi connectivity index (χ2n) is 8.14. The Morgan fingerprint density at radius 1 is 1.29 bits per heavy atom. The van der Waals surface area contributed by atoms with Gasteiger partial charge in [-0.25, -0.2) is 14.4 Å². The number of ether oxygens (including phenoxy) is 2. The van der Waals surface area contributed by atoms with Crippen molar-refractivity contribution in [3.63, 3.8) is 0 Å². The molecule has 2 aromatic rings. The highest BCUT2D eigenvalue weighted by molar-refractivity contribution is 6.07. The van der Waals surface area contributed by atoms with Crippen molar-refractivity contribution in [3.8, 4) is 5.88 Å². The summed E-state index contributed by atoms with van der Waals surface area (Å²) in [5.41, 5.74) is 1.44. The van der Waals surface area contributed by atoms with Crippen molar-refractivity contribution in [1.29, 1.82) is 0 Å². The number of nitrogens with zero attached hydrogens (tertiary/aromatic N) is 3. The van der Waals surface area contributed by atoms with Gasteiger partial charge in [0.2, 0.25) is 5.88 Å². The standard InChI is InChI=1S/C23H27FN4O3/c1-14-12-28(13-15(14)2)21-20(17(7-8-25-21)19-6-4-5-9-31-19)27-22(29)16-10-18(24)23(30-3)26-11-16/h6-8,10-11,14-15H,4-5,9,12-13H2,1-3H3,(H,27,29)/t14-,15+. The number of carbonyl (C=O) groups excluding carboxylic acids is 1. The average Bonchev–Trinajstić information content (AvgIpc) is 3.12. The normalized spacial score (nSPS) is 20.8. The molecule has 0 saturated carbocycles. The quantitative estimate of drug-likeness (QED) is 0.775. The third-order valence-corrected chi connectivity index (χ3v) is 5.92. The number of rotatable bonds is 5. The summed E-state index contributed by atoms with van der Waals surface area (Å²) in [5, 5.41) is 2.95. The van der Waals surface area contributed by atoms with Crippen LogP contribution in [0.1, 0.15) is 42.6 Å². The number of methoxy groups -OCH3 is 1. The van der Waals surface area contributed by atoms with Gasteiger partial charge < -0.3 is 19.7 Å². The van der Waals surface area contributed by atoms with Gasteiger partial charge in [0.25, 0.3) is 5.91 Å². The maximum Gasteiger partial charge on any atom is 0.257 e. The first-order valence-electron chi connectivity index (χ1n) is 10.6. The number of hydrogen-bond acceptors (Lipinski definition) is 6. The molecular weight excluding hydrogens is 399 g/mol. The molecule has 0 unspecified atom stereocenters. The summed E-state index contributed by atoms with van der Waals surface area (Å²) in [7, 11) is 1.33. The summed E-state index contributed by atoms with van der Waals surface area (Å²) in [6, 6.07) is 2.96. The SMILES string of the molecule is COc1ncc(C(=O)Nc2c(C3=CCCCO3)ccnc2N2C[C@@H](C)[C@@H](C)C2)cc1F. The van der Waals surface area contributed by atoms with Gasteiger partial charge in [-0.05, 0) is 42.9 Å². The Morgan fingerprint density at radius 2 is 2.06 bits per heavy atom. The molecule has 164 valence electrons. The van der Waals surface area contributed by atoms with Crippen LogP contribution in [0.4, 0.5) is 15.9 Å². The Bertz CT molecular complexity index is 1000. The highest BCUT2D eigenvalue weighted by atomic mass is 19.1. The molecule has 31 heavy (non-hydrogen) atoms. The molecule has 7 nitrogen and oxygen atoms in total. The van der Waals surface area contributed by atoms with E-state index in [9.17, 15) is 9.18 Å². The Hall–Kier alpha value is -3.16. The van der Waals surface area contributed by atoms with Crippen LogP contribution in [0, 0.1) is 17.7 Å². The lowest BCUT2D eigenvalue weighted by molar-refractivity contribution is 0.102. The molecule has 1 saturated heterocycles. The van der Waals surface area contributed by atoms with Crippen LogP contribution in [0.15, 0.2) is 30.6 Å². The van der Waals surface area contributed by atoms with E-state index in [-0.39, 0.29) is 11.4 Å². The van der Waals surface area contributed by atoms with Crippen molar-refractivity contribution >= 4 is 23.2 Å². The van der Waals surface area contributed by atoms with Gasteiger partial charge in [0, 0.05) is 31.0 Å². The summed E-state index contributed by atoms with van der Waals surface area (Å²) in [6.45, 7) is 6.75. The molecule has 2 aliphatic heterocycles. The third kappa shape index (κ3) is 4.33. The maximum atomic E-state index is 14.1. The molecule has 4 heterocycles. The van der Waals surface area contributed by atoms with Crippen LogP contribution in [-0.4, -0.2) is 42.7 Å². The Kier molecular flexibility index (Phi) is 6.06. The molecule has 1 fully saturated rings. The molecule has 0 aromatic carbocycles. The van der Waals surface area contributed by atoms with E-state index in [1.165, 1.54) is 13.3 Å². The van der Waals surface area contributed by atoms with Crippen LogP contribution in [-0.2, 0) is 4.74 Å². The smallest absolute Gasteiger partial charge is 0.257 e. The second kappa shape index (κ2) is 8.91. The van der Waals surface area contributed by atoms with E-state index < -0.39 is 11.7 Å². The van der Waals surface area contributed by atoms with Gasteiger partial charge in [0.1, 0.15) is 5.76 Å². The van der Waals surface area contributed by atoms with Crippen molar-refractivity contribution in [2.75, 3.05) is 37.0 Å². The highest BCUT2D eigenvalue weighted by Crippen LogP contribution is 2.37. The Balaban J connectivity index is 1.72. The van der Waals surface area contributed by atoms with E-state index in [4.69, 9.17) is 9.47 Å². The zero-order chi connectivity index (χ0) is 22.0. The summed E-state index contributed by atoms with van der Waals surface area (Å²) in [6.07, 6.45) is 6.93. The van der Waals surface area contributed by atoms with Crippen LogP contribution in [0.25, 0.3) is 5.76 Å². The van der Waals surface area contributed by atoms with E-state index in [0.717, 1.165) is 43.3 Å². The minimum atomic E-state index is -0.692. The van der Waals surface area contributed by atoms with E-state index in [2.05, 4.69) is 34.0 Å². The van der Waals surface area contributed by atoms with Crippen LogP contribution in [0.3, 0.4) is 0 Å². The van der Waals surface area contributed by atoms with Crippen LogP contribution in [0.2, 0.25) is 0 Å². The maximum absolute atomic E-state index is 14.1. The number of hydrogen-bond donors (Lipinski definition) is 1. The van der Waals surface area contributed by atoms with Crippen LogP contribution in [0.5, 0.6) is 5.88 Å². The molecule has 0 bridgehead atoms. The third-order valence-electron chi connectivity index (χ3n) is 5.92. The van der Waals surface area contributed by atoms with Crippen LogP contribution < -0.4 is 15.0 Å². The number of carbonyl (C=O) groups is 1. The second-order valence-corrected chi connectivity index (χ2v) is 8.14. The summed E-state index contributed by atoms with van der Waals surface area (Å²) in [4.78, 5) is 23.7. The van der Waals surface area contributed by atoms with E-state index in [0.29, 0.717) is 29.9 Å². The fourth-order valence-corrected chi connectivity index (χ4v) is 3.95. The zero-order valence-corrected chi connectivity index (χ0v) is 18.0. The monoisotopic (exact) mass is 426 g/mol. The lowest BCUT2D eigenvalue weighted by atomic mass is 10.0. The number of halogens is 1. The molecule has 2 aliphatic rings. The van der Waals surface area contributed by atoms with Crippen molar-refractivity contribution in [2.45, 2.75) is 26.7 Å². The molecule has 2 aromatic heterocycles. The number of anilines is 2. The Morgan fingerprint density at radius 3 is 2.71 bits per heavy atom.